The molecule has 0 atom stereocenters. The Kier molecular flexibility index (Phi) is 6.83. The van der Waals surface area contributed by atoms with Crippen molar-refractivity contribution in [1.82, 2.24) is 5.43 Å². The highest BCUT2D eigenvalue weighted by molar-refractivity contribution is 6.75. The Labute approximate surface area is 120 Å². The minimum atomic E-state index is -2.90. The zero-order valence-corrected chi connectivity index (χ0v) is 13.1. The summed E-state index contributed by atoms with van der Waals surface area (Å²) in [7, 11) is -2.90. The molecule has 0 saturated heterocycles. The molecule has 6 nitrogen and oxygen atoms in total. The molecule has 7 heteroatoms. The Morgan fingerprint density at radius 3 is 1.85 bits per heavy atom. The number of benzene rings is 1. The number of hydrogen-bond acceptors (Lipinski definition) is 5. The van der Waals surface area contributed by atoms with Gasteiger partial charge in [0.1, 0.15) is 0 Å². The lowest BCUT2D eigenvalue weighted by atomic mass is 10.2. The molecule has 0 radical (unpaired) electrons. The molecule has 0 fully saturated rings. The first-order valence-electron chi connectivity index (χ1n) is 6.66. The number of nitrogens with one attached hydrogen (secondary N) is 1. The summed E-state index contributed by atoms with van der Waals surface area (Å²) in [5, 5.41) is 0.830. The maximum Gasteiger partial charge on any atom is 0.537 e. The smallest absolute Gasteiger partial charge is 0.370 e. The van der Waals surface area contributed by atoms with E-state index in [-0.39, 0.29) is 5.91 Å². The number of amides is 1. The van der Waals surface area contributed by atoms with Gasteiger partial charge in [-0.25, -0.2) is 5.84 Å². The molecule has 0 aliphatic carbocycles. The number of rotatable bonds is 8. The van der Waals surface area contributed by atoms with E-state index in [9.17, 15) is 4.79 Å². The molecule has 1 rings (SSSR count). The van der Waals surface area contributed by atoms with Crippen LogP contribution in [0.15, 0.2) is 24.3 Å². The summed E-state index contributed by atoms with van der Waals surface area (Å²) < 4.78 is 17.4. The van der Waals surface area contributed by atoms with Gasteiger partial charge in [0.05, 0.1) is 0 Å². The molecule has 3 N–H and O–H groups in total. The van der Waals surface area contributed by atoms with Crippen LogP contribution in [0.4, 0.5) is 0 Å². The topological polar surface area (TPSA) is 82.8 Å². The van der Waals surface area contributed by atoms with E-state index >= 15 is 0 Å². The lowest BCUT2D eigenvalue weighted by Crippen LogP contribution is -2.56. The lowest BCUT2D eigenvalue weighted by Gasteiger charge is -2.28. The highest BCUT2D eigenvalue weighted by Gasteiger charge is 2.43. The second-order valence-corrected chi connectivity index (χ2v) is 6.46. The van der Waals surface area contributed by atoms with E-state index in [2.05, 4.69) is 5.43 Å². The van der Waals surface area contributed by atoms with Crippen LogP contribution in [0.3, 0.4) is 0 Å². The van der Waals surface area contributed by atoms with Crippen molar-refractivity contribution in [2.75, 3.05) is 19.8 Å². The molecule has 0 unspecified atom stereocenters. The molecule has 0 spiro atoms. The molecular weight excluding hydrogens is 276 g/mol. The molecule has 1 amide bonds. The third-order valence-electron chi connectivity index (χ3n) is 2.63. The Morgan fingerprint density at radius 2 is 1.50 bits per heavy atom. The van der Waals surface area contributed by atoms with E-state index < -0.39 is 8.80 Å². The molecule has 1 aromatic rings. The predicted molar refractivity (Wildman–Crippen MR) is 78.4 cm³/mol. The van der Waals surface area contributed by atoms with Gasteiger partial charge in [-0.3, -0.25) is 10.2 Å². The van der Waals surface area contributed by atoms with E-state index in [0.29, 0.717) is 25.4 Å². The van der Waals surface area contributed by atoms with Crippen molar-refractivity contribution in [3.63, 3.8) is 0 Å². The number of nitrogen functional groups attached to an aromatic ring is 1. The van der Waals surface area contributed by atoms with Crippen LogP contribution in [-0.4, -0.2) is 34.5 Å². The van der Waals surface area contributed by atoms with Crippen LogP contribution >= 0.6 is 0 Å². The summed E-state index contributed by atoms with van der Waals surface area (Å²) in [4.78, 5) is 11.4. The van der Waals surface area contributed by atoms with Crippen molar-refractivity contribution >= 4 is 19.9 Å². The third kappa shape index (κ3) is 3.87. The van der Waals surface area contributed by atoms with Gasteiger partial charge in [-0.05, 0) is 32.9 Å². The minimum Gasteiger partial charge on any atom is -0.370 e. The molecule has 0 aliphatic rings. The van der Waals surface area contributed by atoms with Crippen molar-refractivity contribution in [1.29, 1.82) is 0 Å². The average Bonchev–Trinajstić information content (AvgIpc) is 2.47. The lowest BCUT2D eigenvalue weighted by molar-refractivity contribution is 0.0857. The molecule has 0 saturated carbocycles. The maximum atomic E-state index is 11.4. The van der Waals surface area contributed by atoms with E-state index in [0.717, 1.165) is 5.19 Å². The summed E-state index contributed by atoms with van der Waals surface area (Å²) in [5.41, 5.74) is 2.57. The van der Waals surface area contributed by atoms with Crippen molar-refractivity contribution in [3.8, 4) is 0 Å². The molecule has 0 heterocycles. The highest BCUT2D eigenvalue weighted by atomic mass is 28.4. The predicted octanol–water partition coefficient (Wildman–Crippen LogP) is 0.546. The highest BCUT2D eigenvalue weighted by Crippen LogP contribution is 2.11. The fourth-order valence-corrected chi connectivity index (χ4v) is 4.32. The fraction of sp³-hybridized carbons (Fsp3) is 0.462. The summed E-state index contributed by atoms with van der Waals surface area (Å²) in [6, 6.07) is 6.93. The van der Waals surface area contributed by atoms with Gasteiger partial charge in [-0.15, -0.1) is 0 Å². The second-order valence-electron chi connectivity index (χ2n) is 3.91. The Bertz CT molecular complexity index is 408. The monoisotopic (exact) mass is 298 g/mol. The van der Waals surface area contributed by atoms with Gasteiger partial charge in [0, 0.05) is 30.6 Å². The Hall–Kier alpha value is -1.25. The number of hydrogen-bond donors (Lipinski definition) is 2. The van der Waals surface area contributed by atoms with Crippen LogP contribution in [0.1, 0.15) is 31.1 Å². The quantitative estimate of drug-likeness (QED) is 0.317. The first-order chi connectivity index (χ1) is 9.63. The number of carbonyl (C=O) groups is 1. The van der Waals surface area contributed by atoms with Gasteiger partial charge in [0.2, 0.25) is 0 Å². The van der Waals surface area contributed by atoms with Gasteiger partial charge in [0.15, 0.2) is 0 Å². The van der Waals surface area contributed by atoms with Crippen LogP contribution < -0.4 is 16.5 Å². The number of carbonyl (C=O) groups excluding carboxylic acids is 1. The standard InChI is InChI=1S/C13H22N2O4Si/c1-4-17-20(18-5-2,19-6-3)12-9-7-11(8-10-12)13(16)15-14/h7-10H,4-6,14H2,1-3H3,(H,15,16). The van der Waals surface area contributed by atoms with Gasteiger partial charge in [-0.2, -0.15) is 0 Å². The zero-order valence-electron chi connectivity index (χ0n) is 12.1. The molecule has 1 aromatic carbocycles. The molecular formula is C13H22N2O4Si. The summed E-state index contributed by atoms with van der Waals surface area (Å²) in [6.07, 6.45) is 0. The van der Waals surface area contributed by atoms with E-state index in [1.54, 1.807) is 24.3 Å². The van der Waals surface area contributed by atoms with Crippen molar-refractivity contribution < 1.29 is 18.1 Å². The van der Waals surface area contributed by atoms with E-state index in [4.69, 9.17) is 19.1 Å². The van der Waals surface area contributed by atoms with Gasteiger partial charge >= 0.3 is 8.80 Å². The largest absolute Gasteiger partial charge is 0.537 e. The van der Waals surface area contributed by atoms with Crippen molar-refractivity contribution in [2.24, 2.45) is 5.84 Å². The summed E-state index contributed by atoms with van der Waals surface area (Å²) >= 11 is 0. The zero-order chi connectivity index (χ0) is 15.0. The SMILES string of the molecule is CCO[Si](OCC)(OCC)c1ccc(C(=O)NN)cc1. The summed E-state index contributed by atoms with van der Waals surface area (Å²) in [6.45, 7) is 7.19. The second kappa shape index (κ2) is 8.13. The van der Waals surface area contributed by atoms with Gasteiger partial charge in [0.25, 0.3) is 5.91 Å². The minimum absolute atomic E-state index is 0.340. The molecule has 112 valence electrons. The fourth-order valence-electron chi connectivity index (χ4n) is 1.85. The Balaban J connectivity index is 3.09. The molecule has 0 bridgehead atoms. The van der Waals surface area contributed by atoms with E-state index in [1.807, 2.05) is 20.8 Å². The average molecular weight is 298 g/mol. The first-order valence-corrected chi connectivity index (χ1v) is 8.39. The first kappa shape index (κ1) is 16.8. The maximum absolute atomic E-state index is 11.4. The van der Waals surface area contributed by atoms with Crippen LogP contribution in [0.2, 0.25) is 0 Å². The van der Waals surface area contributed by atoms with Crippen molar-refractivity contribution in [2.45, 2.75) is 20.8 Å². The molecule has 20 heavy (non-hydrogen) atoms. The van der Waals surface area contributed by atoms with Crippen LogP contribution in [0.25, 0.3) is 0 Å². The summed E-state index contributed by atoms with van der Waals surface area (Å²) in [5.74, 6) is 4.77. The van der Waals surface area contributed by atoms with Crippen LogP contribution in [-0.2, 0) is 13.3 Å². The third-order valence-corrected chi connectivity index (χ3v) is 5.68. The van der Waals surface area contributed by atoms with Gasteiger partial charge < -0.3 is 13.3 Å². The number of hydrazine groups is 1. The van der Waals surface area contributed by atoms with Crippen LogP contribution in [0.5, 0.6) is 0 Å². The van der Waals surface area contributed by atoms with E-state index in [1.165, 1.54) is 0 Å². The van der Waals surface area contributed by atoms with Crippen LogP contribution in [0, 0.1) is 0 Å². The Morgan fingerprint density at radius 1 is 1.05 bits per heavy atom. The normalized spacial score (nSPS) is 11.4. The van der Waals surface area contributed by atoms with Crippen molar-refractivity contribution in [3.05, 3.63) is 29.8 Å². The molecule has 0 aromatic heterocycles. The number of nitrogens with two attached hydrogens (primary N) is 1. The van der Waals surface area contributed by atoms with Gasteiger partial charge in [-0.1, -0.05) is 12.1 Å². The molecule has 0 aliphatic heterocycles.